The Hall–Kier alpha value is -0.610. The summed E-state index contributed by atoms with van der Waals surface area (Å²) < 4.78 is 5.35. The predicted molar refractivity (Wildman–Crippen MR) is 67.2 cm³/mol. The second-order valence-corrected chi connectivity index (χ2v) is 4.78. The lowest BCUT2D eigenvalue weighted by Gasteiger charge is -2.34. The molecule has 1 fully saturated rings. The predicted octanol–water partition coefficient (Wildman–Crippen LogP) is 2.13. The van der Waals surface area contributed by atoms with Gasteiger partial charge in [-0.2, -0.15) is 0 Å². The second kappa shape index (κ2) is 8.48. The van der Waals surface area contributed by atoms with Gasteiger partial charge in [0.05, 0.1) is 19.6 Å². The zero-order valence-corrected chi connectivity index (χ0v) is 10.9. The third kappa shape index (κ3) is 6.03. The standard InChI is InChI=1S/C13H25NO3/c1-2-3-4-5-6-7-14-8-9-17-11-12(14)10-13(15)16/h12H,2-11H2,1H3,(H,15,16). The summed E-state index contributed by atoms with van der Waals surface area (Å²) in [6.45, 7) is 5.42. The van der Waals surface area contributed by atoms with Crippen molar-refractivity contribution in [1.29, 1.82) is 0 Å². The Morgan fingerprint density at radius 1 is 1.35 bits per heavy atom. The summed E-state index contributed by atoms with van der Waals surface area (Å²) in [5.74, 6) is -0.725. The quantitative estimate of drug-likeness (QED) is 0.663. The van der Waals surface area contributed by atoms with Gasteiger partial charge in [0.15, 0.2) is 0 Å². The van der Waals surface area contributed by atoms with Gasteiger partial charge < -0.3 is 9.84 Å². The van der Waals surface area contributed by atoms with Gasteiger partial charge in [-0.15, -0.1) is 0 Å². The molecule has 1 unspecified atom stereocenters. The van der Waals surface area contributed by atoms with Crippen LogP contribution in [0.4, 0.5) is 0 Å². The van der Waals surface area contributed by atoms with E-state index in [4.69, 9.17) is 9.84 Å². The molecular weight excluding hydrogens is 218 g/mol. The third-order valence-electron chi connectivity index (χ3n) is 3.31. The van der Waals surface area contributed by atoms with Crippen molar-refractivity contribution in [3.05, 3.63) is 0 Å². The Kier molecular flexibility index (Phi) is 7.21. The number of hydrogen-bond acceptors (Lipinski definition) is 3. The molecule has 100 valence electrons. The van der Waals surface area contributed by atoms with Crippen molar-refractivity contribution in [2.45, 2.75) is 51.5 Å². The molecule has 1 heterocycles. The average molecular weight is 243 g/mol. The van der Waals surface area contributed by atoms with E-state index in [-0.39, 0.29) is 12.5 Å². The number of carboxylic acid groups (broad SMARTS) is 1. The normalized spacial score (nSPS) is 21.6. The highest BCUT2D eigenvalue weighted by molar-refractivity contribution is 5.67. The van der Waals surface area contributed by atoms with Crippen LogP contribution in [0.1, 0.15) is 45.4 Å². The molecule has 1 aliphatic rings. The number of nitrogens with zero attached hydrogens (tertiary/aromatic N) is 1. The van der Waals surface area contributed by atoms with Gasteiger partial charge in [0.25, 0.3) is 0 Å². The molecule has 0 bridgehead atoms. The van der Waals surface area contributed by atoms with Crippen molar-refractivity contribution in [2.24, 2.45) is 0 Å². The largest absolute Gasteiger partial charge is 0.481 e. The van der Waals surface area contributed by atoms with Gasteiger partial charge in [0.1, 0.15) is 0 Å². The lowest BCUT2D eigenvalue weighted by Crippen LogP contribution is -2.46. The van der Waals surface area contributed by atoms with E-state index in [2.05, 4.69) is 11.8 Å². The minimum absolute atomic E-state index is 0.0763. The Morgan fingerprint density at radius 3 is 2.82 bits per heavy atom. The van der Waals surface area contributed by atoms with Crippen LogP contribution in [0.25, 0.3) is 0 Å². The smallest absolute Gasteiger partial charge is 0.305 e. The van der Waals surface area contributed by atoms with Crippen LogP contribution in [0.5, 0.6) is 0 Å². The molecule has 0 aliphatic carbocycles. The molecule has 0 aromatic carbocycles. The molecule has 17 heavy (non-hydrogen) atoms. The van der Waals surface area contributed by atoms with Gasteiger partial charge in [-0.1, -0.05) is 32.6 Å². The van der Waals surface area contributed by atoms with Crippen molar-refractivity contribution >= 4 is 5.97 Å². The van der Waals surface area contributed by atoms with E-state index in [0.717, 1.165) is 19.7 Å². The Morgan fingerprint density at radius 2 is 2.12 bits per heavy atom. The molecule has 4 heteroatoms. The molecule has 4 nitrogen and oxygen atoms in total. The lowest BCUT2D eigenvalue weighted by molar-refractivity contribution is -0.140. The van der Waals surface area contributed by atoms with Gasteiger partial charge in [-0.3, -0.25) is 9.69 Å². The average Bonchev–Trinajstić information content (AvgIpc) is 2.30. The number of hydrogen-bond donors (Lipinski definition) is 1. The third-order valence-corrected chi connectivity index (χ3v) is 3.31. The van der Waals surface area contributed by atoms with Crippen LogP contribution in [0.2, 0.25) is 0 Å². The molecule has 1 rings (SSSR count). The number of rotatable bonds is 8. The number of aliphatic carboxylic acids is 1. The highest BCUT2D eigenvalue weighted by Crippen LogP contribution is 2.12. The lowest BCUT2D eigenvalue weighted by atomic mass is 10.1. The molecule has 0 amide bonds. The molecule has 1 atom stereocenters. The number of morpholine rings is 1. The molecule has 1 saturated heterocycles. The highest BCUT2D eigenvalue weighted by atomic mass is 16.5. The van der Waals surface area contributed by atoms with Gasteiger partial charge in [0.2, 0.25) is 0 Å². The fourth-order valence-corrected chi connectivity index (χ4v) is 2.29. The molecule has 1 aliphatic heterocycles. The molecule has 0 saturated carbocycles. The van der Waals surface area contributed by atoms with Gasteiger partial charge in [-0.25, -0.2) is 0 Å². The summed E-state index contributed by atoms with van der Waals surface area (Å²) in [4.78, 5) is 13.0. The number of carbonyl (C=O) groups is 1. The summed E-state index contributed by atoms with van der Waals surface area (Å²) in [6, 6.07) is 0.0763. The maximum atomic E-state index is 10.7. The molecule has 0 radical (unpaired) electrons. The van der Waals surface area contributed by atoms with Crippen molar-refractivity contribution in [2.75, 3.05) is 26.3 Å². The van der Waals surface area contributed by atoms with Crippen LogP contribution in [0.15, 0.2) is 0 Å². The summed E-state index contributed by atoms with van der Waals surface area (Å²) in [6.07, 6.45) is 6.50. The van der Waals surface area contributed by atoms with Gasteiger partial charge in [0, 0.05) is 12.6 Å². The first-order chi connectivity index (χ1) is 8.24. The SMILES string of the molecule is CCCCCCCN1CCOCC1CC(=O)O. The topological polar surface area (TPSA) is 49.8 Å². The van der Waals surface area contributed by atoms with Gasteiger partial charge in [-0.05, 0) is 13.0 Å². The Bertz CT molecular complexity index is 221. The van der Waals surface area contributed by atoms with Crippen LogP contribution < -0.4 is 0 Å². The van der Waals surface area contributed by atoms with Crippen molar-refractivity contribution in [3.63, 3.8) is 0 Å². The van der Waals surface area contributed by atoms with E-state index in [1.807, 2.05) is 0 Å². The van der Waals surface area contributed by atoms with Crippen LogP contribution in [-0.2, 0) is 9.53 Å². The minimum atomic E-state index is -0.725. The monoisotopic (exact) mass is 243 g/mol. The molecular formula is C13H25NO3. The summed E-state index contributed by atoms with van der Waals surface area (Å²) in [7, 11) is 0. The van der Waals surface area contributed by atoms with E-state index in [0.29, 0.717) is 6.61 Å². The van der Waals surface area contributed by atoms with Crippen LogP contribution in [0.3, 0.4) is 0 Å². The summed E-state index contributed by atoms with van der Waals surface area (Å²) in [5.41, 5.74) is 0. The van der Waals surface area contributed by atoms with Crippen LogP contribution >= 0.6 is 0 Å². The van der Waals surface area contributed by atoms with E-state index < -0.39 is 5.97 Å². The van der Waals surface area contributed by atoms with E-state index >= 15 is 0 Å². The molecule has 0 aromatic rings. The van der Waals surface area contributed by atoms with E-state index in [1.165, 1.54) is 32.1 Å². The molecule has 0 spiro atoms. The highest BCUT2D eigenvalue weighted by Gasteiger charge is 2.24. The minimum Gasteiger partial charge on any atom is -0.481 e. The zero-order chi connectivity index (χ0) is 12.5. The Balaban J connectivity index is 2.20. The maximum absolute atomic E-state index is 10.7. The first kappa shape index (κ1) is 14.5. The van der Waals surface area contributed by atoms with Crippen molar-refractivity contribution in [3.8, 4) is 0 Å². The first-order valence-corrected chi connectivity index (χ1v) is 6.77. The second-order valence-electron chi connectivity index (χ2n) is 4.78. The van der Waals surface area contributed by atoms with Crippen molar-refractivity contribution in [1.82, 2.24) is 4.90 Å². The van der Waals surface area contributed by atoms with E-state index in [9.17, 15) is 4.79 Å². The summed E-state index contributed by atoms with van der Waals surface area (Å²) in [5, 5.41) is 8.84. The fourth-order valence-electron chi connectivity index (χ4n) is 2.29. The number of carboxylic acids is 1. The first-order valence-electron chi connectivity index (χ1n) is 6.77. The number of ether oxygens (including phenoxy) is 1. The van der Waals surface area contributed by atoms with E-state index in [1.54, 1.807) is 0 Å². The number of unbranched alkanes of at least 4 members (excludes halogenated alkanes) is 4. The zero-order valence-electron chi connectivity index (χ0n) is 10.9. The summed E-state index contributed by atoms with van der Waals surface area (Å²) >= 11 is 0. The maximum Gasteiger partial charge on any atom is 0.305 e. The fraction of sp³-hybridized carbons (Fsp3) is 0.923. The Labute approximate surface area is 104 Å². The molecule has 0 aromatic heterocycles. The van der Waals surface area contributed by atoms with Crippen LogP contribution in [0, 0.1) is 0 Å². The van der Waals surface area contributed by atoms with Gasteiger partial charge >= 0.3 is 5.97 Å². The molecule has 1 N–H and O–H groups in total. The van der Waals surface area contributed by atoms with Crippen molar-refractivity contribution < 1.29 is 14.6 Å². The van der Waals surface area contributed by atoms with Crippen LogP contribution in [-0.4, -0.2) is 48.3 Å².